The van der Waals surface area contributed by atoms with E-state index >= 15 is 0 Å². The van der Waals surface area contributed by atoms with Gasteiger partial charge in [0.25, 0.3) is 0 Å². The zero-order valence-electron chi connectivity index (χ0n) is 25.2. The van der Waals surface area contributed by atoms with Crippen molar-refractivity contribution in [3.05, 3.63) is 120 Å². The lowest BCUT2D eigenvalue weighted by Crippen LogP contribution is -2.40. The predicted molar refractivity (Wildman–Crippen MR) is 171 cm³/mol. The van der Waals surface area contributed by atoms with Gasteiger partial charge in [0.1, 0.15) is 11.4 Å². The van der Waals surface area contributed by atoms with Crippen LogP contribution in [0.3, 0.4) is 0 Å². The molecular formula is C37H42N2O2. The lowest BCUT2D eigenvalue weighted by molar-refractivity contribution is -0.0604. The second-order valence-electron chi connectivity index (χ2n) is 12.5. The van der Waals surface area contributed by atoms with E-state index in [0.717, 1.165) is 29.1 Å². The highest BCUT2D eigenvalue weighted by atomic mass is 16.5. The third-order valence-electron chi connectivity index (χ3n) is 7.86. The summed E-state index contributed by atoms with van der Waals surface area (Å²) in [5, 5.41) is 7.30. The van der Waals surface area contributed by atoms with Gasteiger partial charge in [-0.2, -0.15) is 5.10 Å². The minimum atomic E-state index is -0.363. The number of hydrazone groups is 1. The first kappa shape index (κ1) is 28.6. The van der Waals surface area contributed by atoms with Crippen molar-refractivity contribution in [2.24, 2.45) is 11.0 Å². The molecule has 4 aromatic carbocycles. The van der Waals surface area contributed by atoms with Crippen LogP contribution in [-0.2, 0) is 4.74 Å². The van der Waals surface area contributed by atoms with Gasteiger partial charge in [0.05, 0.1) is 29.6 Å². The number of benzene rings is 4. The van der Waals surface area contributed by atoms with Crippen LogP contribution in [0.5, 0.6) is 5.75 Å². The topological polar surface area (TPSA) is 34.1 Å². The summed E-state index contributed by atoms with van der Waals surface area (Å²) < 4.78 is 12.5. The zero-order chi connectivity index (χ0) is 29.0. The molecule has 212 valence electrons. The summed E-state index contributed by atoms with van der Waals surface area (Å²) >= 11 is 0. The number of ether oxygens (including phenoxy) is 2. The Morgan fingerprint density at radius 3 is 1.90 bits per heavy atom. The molecule has 0 fully saturated rings. The van der Waals surface area contributed by atoms with Crippen molar-refractivity contribution >= 4 is 11.4 Å². The molecule has 0 saturated heterocycles. The van der Waals surface area contributed by atoms with Gasteiger partial charge in [-0.05, 0) is 81.1 Å². The van der Waals surface area contributed by atoms with E-state index < -0.39 is 0 Å². The van der Waals surface area contributed by atoms with Gasteiger partial charge < -0.3 is 9.47 Å². The van der Waals surface area contributed by atoms with Crippen LogP contribution in [0.1, 0.15) is 65.1 Å². The molecule has 1 heterocycles. The summed E-state index contributed by atoms with van der Waals surface area (Å²) in [5.74, 6) is 1.09. The van der Waals surface area contributed by atoms with Gasteiger partial charge >= 0.3 is 0 Å². The van der Waals surface area contributed by atoms with E-state index in [1.807, 2.05) is 12.1 Å². The third kappa shape index (κ3) is 7.07. The molecule has 4 aromatic rings. The Morgan fingerprint density at radius 2 is 1.29 bits per heavy atom. The summed E-state index contributed by atoms with van der Waals surface area (Å²) in [7, 11) is 0. The van der Waals surface area contributed by atoms with E-state index in [9.17, 15) is 0 Å². The van der Waals surface area contributed by atoms with Crippen LogP contribution in [0.25, 0.3) is 11.1 Å². The second kappa shape index (κ2) is 11.9. The summed E-state index contributed by atoms with van der Waals surface area (Å²) in [4.78, 5) is 0. The van der Waals surface area contributed by atoms with E-state index in [2.05, 4.69) is 144 Å². The van der Waals surface area contributed by atoms with Crippen LogP contribution in [0.2, 0.25) is 0 Å². The van der Waals surface area contributed by atoms with Crippen molar-refractivity contribution in [2.45, 2.75) is 65.2 Å². The molecule has 5 rings (SSSR count). The molecule has 4 heteroatoms. The van der Waals surface area contributed by atoms with Crippen molar-refractivity contribution in [3.63, 3.8) is 0 Å². The molecule has 0 N–H and O–H groups in total. The number of anilines is 1. The minimum absolute atomic E-state index is 0.0994. The van der Waals surface area contributed by atoms with Crippen molar-refractivity contribution < 1.29 is 9.47 Å². The fourth-order valence-corrected chi connectivity index (χ4v) is 4.99. The summed E-state index contributed by atoms with van der Waals surface area (Å²) in [6.45, 7) is 13.4. The highest BCUT2D eigenvalue weighted by Crippen LogP contribution is 2.38. The van der Waals surface area contributed by atoms with Crippen LogP contribution >= 0.6 is 0 Å². The molecule has 2 unspecified atom stereocenters. The largest absolute Gasteiger partial charge is 0.488 e. The fraction of sp³-hybridized carbons (Fsp3) is 0.324. The van der Waals surface area contributed by atoms with Crippen molar-refractivity contribution in [2.75, 3.05) is 11.6 Å². The zero-order valence-corrected chi connectivity index (χ0v) is 25.2. The SMILES string of the molecule is CC(COC(C)(C)C)C(C)(C)Oc1ccc(C2CC(c3ccc(-c4ccccc4)cc3)=NN2c2ccccc2)cc1. The summed E-state index contributed by atoms with van der Waals surface area (Å²) in [6, 6.07) is 38.3. The van der Waals surface area contributed by atoms with Gasteiger partial charge in [-0.15, -0.1) is 0 Å². The van der Waals surface area contributed by atoms with Crippen molar-refractivity contribution in [3.8, 4) is 16.9 Å². The van der Waals surface area contributed by atoms with Crippen LogP contribution < -0.4 is 9.75 Å². The maximum atomic E-state index is 6.47. The van der Waals surface area contributed by atoms with Crippen molar-refractivity contribution in [1.82, 2.24) is 0 Å². The molecule has 0 aliphatic carbocycles. The van der Waals surface area contributed by atoms with Crippen LogP contribution in [-0.4, -0.2) is 23.5 Å². The Morgan fingerprint density at radius 1 is 0.732 bits per heavy atom. The molecule has 0 spiro atoms. The number of hydrogen-bond acceptors (Lipinski definition) is 4. The molecule has 1 aliphatic heterocycles. The van der Waals surface area contributed by atoms with Gasteiger partial charge in [-0.25, -0.2) is 0 Å². The van der Waals surface area contributed by atoms with Crippen LogP contribution in [0.4, 0.5) is 5.69 Å². The number of para-hydroxylation sites is 1. The Balaban J connectivity index is 1.34. The molecular weight excluding hydrogens is 504 g/mol. The first-order chi connectivity index (χ1) is 19.6. The number of rotatable bonds is 9. The van der Waals surface area contributed by atoms with Crippen molar-refractivity contribution in [1.29, 1.82) is 0 Å². The maximum Gasteiger partial charge on any atom is 0.120 e. The predicted octanol–water partition coefficient (Wildman–Crippen LogP) is 9.32. The molecule has 2 atom stereocenters. The quantitative estimate of drug-likeness (QED) is 0.210. The second-order valence-corrected chi connectivity index (χ2v) is 12.5. The average molecular weight is 547 g/mol. The Hall–Kier alpha value is -3.89. The minimum Gasteiger partial charge on any atom is -0.488 e. The normalized spacial score (nSPS) is 16.4. The standard InChI is InChI=1S/C37H42N2O2/c1-27(26-40-36(2,3)4)37(5,6)41-33-23-21-31(22-24-33)35-25-34(38-39(35)32-15-11-8-12-16-32)30-19-17-29(18-20-30)28-13-9-7-10-14-28/h7-24,27,35H,25-26H2,1-6H3. The van der Waals surface area contributed by atoms with Gasteiger partial charge in [0.15, 0.2) is 0 Å². The molecule has 1 aliphatic rings. The Bertz CT molecular complexity index is 1440. The van der Waals surface area contributed by atoms with Gasteiger partial charge in [0, 0.05) is 12.3 Å². The van der Waals surface area contributed by atoms with E-state index in [0.29, 0.717) is 6.61 Å². The molecule has 0 amide bonds. The van der Waals surface area contributed by atoms with Gasteiger partial charge in [-0.3, -0.25) is 5.01 Å². The molecule has 0 radical (unpaired) electrons. The van der Waals surface area contributed by atoms with E-state index in [1.165, 1.54) is 16.7 Å². The third-order valence-corrected chi connectivity index (χ3v) is 7.86. The van der Waals surface area contributed by atoms with E-state index in [1.54, 1.807) is 0 Å². The van der Waals surface area contributed by atoms with Crippen LogP contribution in [0, 0.1) is 5.92 Å². The molecule has 41 heavy (non-hydrogen) atoms. The summed E-state index contributed by atoms with van der Waals surface area (Å²) in [5.41, 5.74) is 6.44. The Labute approximate surface area is 245 Å². The van der Waals surface area contributed by atoms with E-state index in [-0.39, 0.29) is 23.2 Å². The first-order valence-corrected chi connectivity index (χ1v) is 14.6. The van der Waals surface area contributed by atoms with E-state index in [4.69, 9.17) is 14.6 Å². The summed E-state index contributed by atoms with van der Waals surface area (Å²) in [6.07, 6.45) is 0.826. The smallest absolute Gasteiger partial charge is 0.120 e. The first-order valence-electron chi connectivity index (χ1n) is 14.6. The maximum absolute atomic E-state index is 6.47. The fourth-order valence-electron chi connectivity index (χ4n) is 4.99. The number of nitrogens with zero attached hydrogens (tertiary/aromatic N) is 2. The lowest BCUT2D eigenvalue weighted by Gasteiger charge is -2.34. The monoisotopic (exact) mass is 546 g/mol. The molecule has 0 aromatic heterocycles. The Kier molecular flexibility index (Phi) is 8.32. The molecule has 4 nitrogen and oxygen atoms in total. The van der Waals surface area contributed by atoms with Gasteiger partial charge in [0.2, 0.25) is 0 Å². The van der Waals surface area contributed by atoms with Gasteiger partial charge in [-0.1, -0.05) is 91.9 Å². The average Bonchev–Trinajstić information content (AvgIpc) is 3.42. The highest BCUT2D eigenvalue weighted by molar-refractivity contribution is 6.03. The number of hydrogen-bond donors (Lipinski definition) is 0. The highest BCUT2D eigenvalue weighted by Gasteiger charge is 2.32. The van der Waals surface area contributed by atoms with Crippen LogP contribution in [0.15, 0.2) is 114 Å². The lowest BCUT2D eigenvalue weighted by atomic mass is 9.93. The molecule has 0 saturated carbocycles. The molecule has 0 bridgehead atoms.